The number of rotatable bonds is 2. The van der Waals surface area contributed by atoms with E-state index in [1.54, 1.807) is 18.4 Å². The Bertz CT molecular complexity index is 355. The van der Waals surface area contributed by atoms with Crippen molar-refractivity contribution in [3.8, 4) is 5.75 Å². The average Bonchev–Trinajstić information content (AvgIpc) is 2.71. The number of ether oxygens (including phenoxy) is 1. The van der Waals surface area contributed by atoms with Crippen molar-refractivity contribution in [2.24, 2.45) is 5.16 Å². The predicted molar refractivity (Wildman–Crippen MR) is 54.7 cm³/mol. The molecule has 2 rings (SSSR count). The lowest BCUT2D eigenvalue weighted by Crippen LogP contribution is -2.17. The quantitative estimate of drug-likeness (QED) is 0.715. The second-order valence-electron chi connectivity index (χ2n) is 3.08. The molecule has 1 aliphatic heterocycles. The molecule has 0 fully saturated rings. The maximum absolute atomic E-state index is 5.22. The first-order chi connectivity index (χ1) is 6.81. The van der Waals surface area contributed by atoms with Gasteiger partial charge < -0.3 is 4.74 Å². The van der Waals surface area contributed by atoms with Crippen molar-refractivity contribution in [1.82, 2.24) is 0 Å². The molecule has 4 nitrogen and oxygen atoms in total. The third-order valence-electron chi connectivity index (χ3n) is 2.15. The van der Waals surface area contributed by atoms with Crippen molar-refractivity contribution < 1.29 is 9.68 Å². The summed E-state index contributed by atoms with van der Waals surface area (Å²) in [7, 11) is 1.66. The van der Waals surface area contributed by atoms with Crippen LogP contribution in [0.4, 0.5) is 5.69 Å². The SMILES string of the molecule is COc1cc(N2CC=NO2)ccc1C. The molecule has 0 spiro atoms. The largest absolute Gasteiger partial charge is 0.496 e. The van der Waals surface area contributed by atoms with Gasteiger partial charge in [0, 0.05) is 6.07 Å². The molecule has 14 heavy (non-hydrogen) atoms. The minimum absolute atomic E-state index is 0.673. The normalized spacial score (nSPS) is 14.3. The third kappa shape index (κ3) is 1.51. The first-order valence-electron chi connectivity index (χ1n) is 4.42. The summed E-state index contributed by atoms with van der Waals surface area (Å²) in [5, 5.41) is 5.38. The number of hydrogen-bond acceptors (Lipinski definition) is 4. The molecule has 1 aliphatic rings. The smallest absolute Gasteiger partial charge is 0.123 e. The van der Waals surface area contributed by atoms with Crippen molar-refractivity contribution in [1.29, 1.82) is 0 Å². The van der Waals surface area contributed by atoms with Crippen molar-refractivity contribution in [3.05, 3.63) is 23.8 Å². The highest BCUT2D eigenvalue weighted by atomic mass is 16.8. The van der Waals surface area contributed by atoms with Crippen LogP contribution in [0.2, 0.25) is 0 Å². The van der Waals surface area contributed by atoms with Crippen LogP contribution in [0.25, 0.3) is 0 Å². The summed E-state index contributed by atoms with van der Waals surface area (Å²) in [5.74, 6) is 0.859. The van der Waals surface area contributed by atoms with Crippen molar-refractivity contribution >= 4 is 11.9 Å². The number of hydrogen-bond donors (Lipinski definition) is 0. The van der Waals surface area contributed by atoms with E-state index in [1.807, 2.05) is 25.1 Å². The van der Waals surface area contributed by atoms with Gasteiger partial charge in [0.2, 0.25) is 0 Å². The van der Waals surface area contributed by atoms with Crippen molar-refractivity contribution in [2.45, 2.75) is 6.92 Å². The van der Waals surface area contributed by atoms with Crippen molar-refractivity contribution in [2.75, 3.05) is 18.7 Å². The first kappa shape index (κ1) is 8.87. The summed E-state index contributed by atoms with van der Waals surface area (Å²) < 4.78 is 5.22. The molecule has 1 aromatic rings. The minimum Gasteiger partial charge on any atom is -0.496 e. The van der Waals surface area contributed by atoms with Crippen LogP contribution in [0.3, 0.4) is 0 Å². The Morgan fingerprint density at radius 3 is 3.00 bits per heavy atom. The van der Waals surface area contributed by atoms with Gasteiger partial charge in [-0.05, 0) is 18.6 Å². The Balaban J connectivity index is 2.26. The number of benzene rings is 1. The molecule has 1 heterocycles. The predicted octanol–water partition coefficient (Wildman–Crippen LogP) is 1.74. The standard InChI is InChI=1S/C10H12N2O2/c1-8-3-4-9(7-10(8)13-2)12-6-5-11-14-12/h3-5,7H,6H2,1-2H3. The van der Waals surface area contributed by atoms with Crippen LogP contribution in [-0.2, 0) is 4.94 Å². The van der Waals surface area contributed by atoms with Gasteiger partial charge in [-0.3, -0.25) is 4.94 Å². The molecule has 0 radical (unpaired) electrons. The summed E-state index contributed by atoms with van der Waals surface area (Å²) in [6.45, 7) is 2.68. The molecule has 1 aromatic carbocycles. The van der Waals surface area contributed by atoms with E-state index in [0.29, 0.717) is 6.54 Å². The molecule has 0 atom stereocenters. The number of aryl methyl sites for hydroxylation is 1. The van der Waals surface area contributed by atoms with Crippen molar-refractivity contribution in [3.63, 3.8) is 0 Å². The number of oxime groups is 1. The van der Waals surface area contributed by atoms with E-state index in [0.717, 1.165) is 17.0 Å². The van der Waals surface area contributed by atoms with E-state index in [2.05, 4.69) is 5.16 Å². The summed E-state index contributed by atoms with van der Waals surface area (Å²) in [5.41, 5.74) is 2.06. The molecule has 0 bridgehead atoms. The van der Waals surface area contributed by atoms with Gasteiger partial charge >= 0.3 is 0 Å². The Labute approximate surface area is 82.7 Å². The summed E-state index contributed by atoms with van der Waals surface area (Å²) in [6, 6.07) is 5.91. The Morgan fingerprint density at radius 2 is 2.36 bits per heavy atom. The molecule has 4 heteroatoms. The van der Waals surface area contributed by atoms with Gasteiger partial charge in [0.05, 0.1) is 25.6 Å². The molecule has 0 saturated carbocycles. The van der Waals surface area contributed by atoms with Gasteiger partial charge in [-0.25, -0.2) is 0 Å². The van der Waals surface area contributed by atoms with Crippen LogP contribution in [0.1, 0.15) is 5.56 Å². The van der Waals surface area contributed by atoms with Crippen LogP contribution in [0.15, 0.2) is 23.4 Å². The Kier molecular flexibility index (Phi) is 2.26. The molecule has 0 unspecified atom stereocenters. The zero-order valence-corrected chi connectivity index (χ0v) is 8.23. The average molecular weight is 192 g/mol. The molecule has 0 amide bonds. The van der Waals surface area contributed by atoms with Gasteiger partial charge in [-0.2, -0.15) is 5.06 Å². The van der Waals surface area contributed by atoms with Crippen LogP contribution in [0, 0.1) is 6.92 Å². The van der Waals surface area contributed by atoms with Crippen LogP contribution in [-0.4, -0.2) is 19.9 Å². The van der Waals surface area contributed by atoms with E-state index in [-0.39, 0.29) is 0 Å². The molecular formula is C10H12N2O2. The molecule has 0 saturated heterocycles. The van der Waals surface area contributed by atoms with Gasteiger partial charge in [0.1, 0.15) is 5.75 Å². The highest BCUT2D eigenvalue weighted by molar-refractivity contribution is 5.67. The molecule has 0 aliphatic carbocycles. The van der Waals surface area contributed by atoms with Gasteiger partial charge in [0.15, 0.2) is 0 Å². The zero-order chi connectivity index (χ0) is 9.97. The van der Waals surface area contributed by atoms with E-state index < -0.39 is 0 Å². The molecule has 74 valence electrons. The lowest BCUT2D eigenvalue weighted by atomic mass is 10.2. The van der Waals surface area contributed by atoms with E-state index in [4.69, 9.17) is 9.68 Å². The van der Waals surface area contributed by atoms with E-state index >= 15 is 0 Å². The fourth-order valence-corrected chi connectivity index (χ4v) is 1.35. The maximum Gasteiger partial charge on any atom is 0.123 e. The second kappa shape index (κ2) is 3.57. The van der Waals surface area contributed by atoms with Gasteiger partial charge in [-0.1, -0.05) is 11.2 Å². The summed E-state index contributed by atoms with van der Waals surface area (Å²) in [6.07, 6.45) is 1.71. The number of anilines is 1. The first-order valence-corrected chi connectivity index (χ1v) is 4.42. The maximum atomic E-state index is 5.22. The highest BCUT2D eigenvalue weighted by Crippen LogP contribution is 2.25. The van der Waals surface area contributed by atoms with Crippen LogP contribution in [0.5, 0.6) is 5.75 Å². The third-order valence-corrected chi connectivity index (χ3v) is 2.15. The number of nitrogens with zero attached hydrogens (tertiary/aromatic N) is 2. The van der Waals surface area contributed by atoms with E-state index in [9.17, 15) is 0 Å². The monoisotopic (exact) mass is 192 g/mol. The topological polar surface area (TPSA) is 34.1 Å². The zero-order valence-electron chi connectivity index (χ0n) is 8.23. The van der Waals surface area contributed by atoms with Crippen LogP contribution >= 0.6 is 0 Å². The van der Waals surface area contributed by atoms with Gasteiger partial charge in [0.25, 0.3) is 0 Å². The second-order valence-corrected chi connectivity index (χ2v) is 3.08. The van der Waals surface area contributed by atoms with E-state index in [1.165, 1.54) is 0 Å². The lowest BCUT2D eigenvalue weighted by Gasteiger charge is -2.15. The lowest BCUT2D eigenvalue weighted by molar-refractivity contribution is 0.145. The summed E-state index contributed by atoms with van der Waals surface area (Å²) >= 11 is 0. The highest BCUT2D eigenvalue weighted by Gasteiger charge is 2.12. The molecule has 0 N–H and O–H groups in total. The minimum atomic E-state index is 0.673. The molecular weight excluding hydrogens is 180 g/mol. The Hall–Kier alpha value is -1.71. The Morgan fingerprint density at radius 1 is 1.50 bits per heavy atom. The fraction of sp³-hybridized carbons (Fsp3) is 0.300. The molecule has 0 aromatic heterocycles. The fourth-order valence-electron chi connectivity index (χ4n) is 1.35. The van der Waals surface area contributed by atoms with Gasteiger partial charge in [-0.15, -0.1) is 0 Å². The van der Waals surface area contributed by atoms with Crippen LogP contribution < -0.4 is 9.80 Å². The number of hydroxylamine groups is 1. The summed E-state index contributed by atoms with van der Waals surface area (Å²) in [4.78, 5) is 5.03. The number of methoxy groups -OCH3 is 1.